The summed E-state index contributed by atoms with van der Waals surface area (Å²) >= 11 is 1.54. The van der Waals surface area contributed by atoms with Crippen molar-refractivity contribution in [3.05, 3.63) is 11.6 Å². The molecule has 0 fully saturated rings. The predicted molar refractivity (Wildman–Crippen MR) is 64.8 cm³/mol. The van der Waals surface area contributed by atoms with Crippen molar-refractivity contribution in [3.8, 4) is 0 Å². The summed E-state index contributed by atoms with van der Waals surface area (Å²) in [5, 5.41) is 29.5. The number of nitrogens with one attached hydrogen (secondary N) is 1. The number of aliphatic hydroxyl groups is 2. The molecule has 0 saturated heterocycles. The summed E-state index contributed by atoms with van der Waals surface area (Å²) in [6.07, 6.45) is 3.40. The highest BCUT2D eigenvalue weighted by molar-refractivity contribution is 7.98. The number of aliphatic hydroxyl groups excluding tert-OH is 2. The Labute approximate surface area is 99.3 Å². The van der Waals surface area contributed by atoms with E-state index in [9.17, 15) is 0 Å². The Morgan fingerprint density at radius 1 is 1.31 bits per heavy atom. The molecule has 6 heteroatoms. The van der Waals surface area contributed by atoms with Gasteiger partial charge in [0.15, 0.2) is 5.82 Å². The number of thioether (sulfide) groups is 1. The van der Waals surface area contributed by atoms with Gasteiger partial charge in [-0.1, -0.05) is 0 Å². The minimum absolute atomic E-state index is 0.0609. The zero-order valence-corrected chi connectivity index (χ0v) is 10.1. The molecule has 0 spiro atoms. The lowest BCUT2D eigenvalue weighted by atomic mass is 10.1. The van der Waals surface area contributed by atoms with E-state index in [4.69, 9.17) is 10.2 Å². The first-order valence-electron chi connectivity index (χ1n) is 5.18. The Morgan fingerprint density at radius 2 is 2.12 bits per heavy atom. The quantitative estimate of drug-likeness (QED) is 0.606. The molecule has 1 aromatic rings. The number of rotatable bonds is 7. The van der Waals surface area contributed by atoms with Crippen LogP contribution >= 0.6 is 11.8 Å². The largest absolute Gasteiger partial charge is 0.396 e. The van der Waals surface area contributed by atoms with Crippen molar-refractivity contribution in [1.29, 1.82) is 0 Å². The average Bonchev–Trinajstić information content (AvgIpc) is 2.34. The van der Waals surface area contributed by atoms with E-state index in [1.165, 1.54) is 11.8 Å². The standard InChI is InChI=1S/C10H17N3O2S/c1-16-9-7-8(3-2-5-14)10(13-12-9)11-4-6-15/h7,14-15H,2-6H2,1H3,(H,11,13). The number of nitrogens with zero attached hydrogens (tertiary/aromatic N) is 2. The molecule has 0 aromatic carbocycles. The van der Waals surface area contributed by atoms with E-state index in [1.54, 1.807) is 0 Å². The highest BCUT2D eigenvalue weighted by Gasteiger charge is 2.06. The summed E-state index contributed by atoms with van der Waals surface area (Å²) in [4.78, 5) is 0. The van der Waals surface area contributed by atoms with Crippen LogP contribution in [0.1, 0.15) is 12.0 Å². The average molecular weight is 243 g/mol. The smallest absolute Gasteiger partial charge is 0.152 e. The highest BCUT2D eigenvalue weighted by Crippen LogP contribution is 2.19. The molecule has 1 heterocycles. The van der Waals surface area contributed by atoms with Crippen LogP contribution in [0, 0.1) is 0 Å². The summed E-state index contributed by atoms with van der Waals surface area (Å²) in [7, 11) is 0. The van der Waals surface area contributed by atoms with Crippen molar-refractivity contribution < 1.29 is 10.2 Å². The number of aromatic nitrogens is 2. The number of anilines is 1. The van der Waals surface area contributed by atoms with Gasteiger partial charge in [0, 0.05) is 13.2 Å². The summed E-state index contributed by atoms with van der Waals surface area (Å²) < 4.78 is 0. The molecule has 16 heavy (non-hydrogen) atoms. The van der Waals surface area contributed by atoms with Gasteiger partial charge in [-0.15, -0.1) is 22.0 Å². The van der Waals surface area contributed by atoms with Crippen LogP contribution in [0.2, 0.25) is 0 Å². The molecule has 0 saturated carbocycles. The van der Waals surface area contributed by atoms with Crippen molar-refractivity contribution in [1.82, 2.24) is 10.2 Å². The summed E-state index contributed by atoms with van der Waals surface area (Å²) in [6, 6.07) is 1.97. The van der Waals surface area contributed by atoms with Gasteiger partial charge < -0.3 is 15.5 Å². The maximum atomic E-state index is 8.82. The number of aryl methyl sites for hydroxylation is 1. The Balaban J connectivity index is 2.78. The molecule has 0 aliphatic carbocycles. The molecule has 0 bridgehead atoms. The monoisotopic (exact) mass is 243 g/mol. The predicted octanol–water partition coefficient (Wildman–Crippen LogP) is 0.528. The van der Waals surface area contributed by atoms with Gasteiger partial charge in [0.05, 0.1) is 6.61 Å². The Bertz CT molecular complexity index is 323. The van der Waals surface area contributed by atoms with Crippen molar-refractivity contribution in [3.63, 3.8) is 0 Å². The molecule has 0 aliphatic rings. The van der Waals surface area contributed by atoms with Gasteiger partial charge in [-0.05, 0) is 30.7 Å². The molecule has 0 aliphatic heterocycles. The van der Waals surface area contributed by atoms with Crippen molar-refractivity contribution in [2.75, 3.05) is 31.3 Å². The van der Waals surface area contributed by atoms with E-state index in [0.29, 0.717) is 18.8 Å². The van der Waals surface area contributed by atoms with Crippen molar-refractivity contribution >= 4 is 17.6 Å². The Kier molecular flexibility index (Phi) is 6.14. The first-order valence-corrected chi connectivity index (χ1v) is 6.40. The summed E-state index contributed by atoms with van der Waals surface area (Å²) in [6.45, 7) is 0.682. The second kappa shape index (κ2) is 7.43. The molecule has 0 atom stereocenters. The molecule has 3 N–H and O–H groups in total. The maximum absolute atomic E-state index is 8.82. The van der Waals surface area contributed by atoms with Crippen LogP contribution in [0.5, 0.6) is 0 Å². The van der Waals surface area contributed by atoms with Gasteiger partial charge >= 0.3 is 0 Å². The van der Waals surface area contributed by atoms with Crippen LogP contribution in [0.15, 0.2) is 11.1 Å². The van der Waals surface area contributed by atoms with Gasteiger partial charge in [-0.25, -0.2) is 0 Å². The van der Waals surface area contributed by atoms with E-state index in [1.807, 2.05) is 12.3 Å². The normalized spacial score (nSPS) is 10.4. The van der Waals surface area contributed by atoms with Crippen LogP contribution in [0.25, 0.3) is 0 Å². The Morgan fingerprint density at radius 3 is 2.75 bits per heavy atom. The second-order valence-corrected chi connectivity index (χ2v) is 4.06. The number of hydrogen-bond donors (Lipinski definition) is 3. The minimum atomic E-state index is 0.0609. The van der Waals surface area contributed by atoms with E-state index >= 15 is 0 Å². The molecule has 5 nitrogen and oxygen atoms in total. The molecule has 0 radical (unpaired) electrons. The molecule has 0 amide bonds. The SMILES string of the molecule is CSc1cc(CCCO)c(NCCO)nn1. The van der Waals surface area contributed by atoms with Gasteiger partial charge in [0.1, 0.15) is 5.03 Å². The zero-order chi connectivity index (χ0) is 11.8. The molecule has 0 unspecified atom stereocenters. The van der Waals surface area contributed by atoms with Crippen molar-refractivity contribution in [2.24, 2.45) is 0 Å². The summed E-state index contributed by atoms with van der Waals surface area (Å²) in [5.74, 6) is 0.695. The third kappa shape index (κ3) is 3.96. The first kappa shape index (κ1) is 13.2. The fraction of sp³-hybridized carbons (Fsp3) is 0.600. The summed E-state index contributed by atoms with van der Waals surface area (Å²) in [5.41, 5.74) is 1.03. The molecule has 1 rings (SSSR count). The minimum Gasteiger partial charge on any atom is -0.396 e. The van der Waals surface area contributed by atoms with Gasteiger partial charge in [0.2, 0.25) is 0 Å². The van der Waals surface area contributed by atoms with Gasteiger partial charge in [-0.2, -0.15) is 0 Å². The van der Waals surface area contributed by atoms with Gasteiger partial charge in [0.25, 0.3) is 0 Å². The molecule has 90 valence electrons. The number of hydrogen-bond acceptors (Lipinski definition) is 6. The molecular weight excluding hydrogens is 226 g/mol. The fourth-order valence-electron chi connectivity index (χ4n) is 1.29. The Hall–Kier alpha value is -0.850. The lowest BCUT2D eigenvalue weighted by Gasteiger charge is -2.09. The fourth-order valence-corrected chi connectivity index (χ4v) is 1.68. The zero-order valence-electron chi connectivity index (χ0n) is 9.31. The molecular formula is C10H17N3O2S. The van der Waals surface area contributed by atoms with Gasteiger partial charge in [-0.3, -0.25) is 0 Å². The molecule has 1 aromatic heterocycles. The first-order chi connectivity index (χ1) is 7.81. The van der Waals surface area contributed by atoms with Crippen LogP contribution < -0.4 is 5.32 Å². The van der Waals surface area contributed by atoms with E-state index < -0.39 is 0 Å². The highest BCUT2D eigenvalue weighted by atomic mass is 32.2. The van der Waals surface area contributed by atoms with Crippen LogP contribution in [0.4, 0.5) is 5.82 Å². The van der Waals surface area contributed by atoms with E-state index in [-0.39, 0.29) is 13.2 Å². The lowest BCUT2D eigenvalue weighted by molar-refractivity contribution is 0.288. The van der Waals surface area contributed by atoms with Crippen LogP contribution in [-0.4, -0.2) is 46.4 Å². The third-order valence-corrected chi connectivity index (χ3v) is 2.69. The maximum Gasteiger partial charge on any atom is 0.152 e. The van der Waals surface area contributed by atoms with E-state index in [2.05, 4.69) is 15.5 Å². The van der Waals surface area contributed by atoms with E-state index in [0.717, 1.165) is 17.0 Å². The topological polar surface area (TPSA) is 78.3 Å². The second-order valence-electron chi connectivity index (χ2n) is 3.24. The third-order valence-electron chi connectivity index (χ3n) is 2.07. The van der Waals surface area contributed by atoms with Crippen molar-refractivity contribution in [2.45, 2.75) is 17.9 Å². The van der Waals surface area contributed by atoms with Crippen LogP contribution in [-0.2, 0) is 6.42 Å². The lowest BCUT2D eigenvalue weighted by Crippen LogP contribution is -2.10. The van der Waals surface area contributed by atoms with Crippen LogP contribution in [0.3, 0.4) is 0 Å².